The van der Waals surface area contributed by atoms with Crippen LogP contribution in [0.5, 0.6) is 5.75 Å². The Labute approximate surface area is 210 Å². The fourth-order valence-corrected chi connectivity index (χ4v) is 4.58. The summed E-state index contributed by atoms with van der Waals surface area (Å²) in [6.07, 6.45) is 6.67. The molecule has 0 radical (unpaired) electrons. The average molecular weight is 521 g/mol. The summed E-state index contributed by atoms with van der Waals surface area (Å²) in [6.45, 7) is 0.320. The van der Waals surface area contributed by atoms with Gasteiger partial charge in [0.25, 0.3) is 15.9 Å². The number of nitriles is 1. The van der Waals surface area contributed by atoms with Crippen LogP contribution < -0.4 is 20.5 Å². The number of primary amides is 1. The smallest absolute Gasteiger partial charge is 0.326 e. The molecular weight excluding hydrogens is 492 g/mol. The van der Waals surface area contributed by atoms with Gasteiger partial charge in [-0.2, -0.15) is 5.26 Å². The second kappa shape index (κ2) is 13.6. The average Bonchev–Trinajstić information content (AvgIpc) is 2.84. The van der Waals surface area contributed by atoms with E-state index in [9.17, 15) is 18.0 Å². The van der Waals surface area contributed by atoms with E-state index in [1.54, 1.807) is 29.0 Å². The van der Waals surface area contributed by atoms with Gasteiger partial charge in [0, 0.05) is 17.5 Å². The molecular formula is C24H29ClN4O5S. The number of amides is 3. The summed E-state index contributed by atoms with van der Waals surface area (Å²) < 4.78 is 30.4. The highest BCUT2D eigenvalue weighted by Gasteiger charge is 2.16. The Morgan fingerprint density at radius 3 is 2.34 bits per heavy atom. The summed E-state index contributed by atoms with van der Waals surface area (Å²) in [4.78, 5) is 22.9. The number of hydrogen-bond donors (Lipinski definition) is 3. The molecule has 0 spiro atoms. The molecule has 2 aromatic carbocycles. The number of benzene rings is 2. The maximum absolute atomic E-state index is 12.3. The van der Waals surface area contributed by atoms with Crippen molar-refractivity contribution in [2.24, 2.45) is 11.7 Å². The Kier molecular flexibility index (Phi) is 10.8. The molecule has 0 heterocycles. The molecule has 2 aromatic rings. The lowest BCUT2D eigenvalue weighted by Gasteiger charge is -2.13. The van der Waals surface area contributed by atoms with Crippen LogP contribution in [-0.4, -0.2) is 34.0 Å². The van der Waals surface area contributed by atoms with Gasteiger partial charge in [-0.1, -0.05) is 43.0 Å². The summed E-state index contributed by atoms with van der Waals surface area (Å²) in [7, 11) is -2.52. The summed E-state index contributed by atoms with van der Waals surface area (Å²) in [5.74, 6) is 0.469. The van der Waals surface area contributed by atoms with Crippen molar-refractivity contribution in [2.75, 3.05) is 13.7 Å². The van der Waals surface area contributed by atoms with E-state index in [1.807, 2.05) is 0 Å². The van der Waals surface area contributed by atoms with Gasteiger partial charge in [0.15, 0.2) is 0 Å². The van der Waals surface area contributed by atoms with Gasteiger partial charge in [-0.05, 0) is 55.2 Å². The number of halogens is 1. The number of carbonyl (C=O) groups excluding carboxylic acids is 2. The molecule has 4 N–H and O–H groups in total. The van der Waals surface area contributed by atoms with Crippen molar-refractivity contribution in [3.63, 3.8) is 0 Å². The molecule has 3 rings (SSSR count). The third kappa shape index (κ3) is 9.11. The molecule has 0 saturated heterocycles. The highest BCUT2D eigenvalue weighted by atomic mass is 35.5. The minimum Gasteiger partial charge on any atom is -0.496 e. The van der Waals surface area contributed by atoms with E-state index in [4.69, 9.17) is 27.3 Å². The van der Waals surface area contributed by atoms with Gasteiger partial charge >= 0.3 is 6.03 Å². The molecule has 0 atom stereocenters. The van der Waals surface area contributed by atoms with Crippen LogP contribution in [-0.2, 0) is 16.4 Å². The van der Waals surface area contributed by atoms with Crippen molar-refractivity contribution in [3.8, 4) is 11.8 Å². The minimum atomic E-state index is -3.98. The molecule has 0 aromatic heterocycles. The van der Waals surface area contributed by atoms with Crippen LogP contribution in [0.3, 0.4) is 0 Å². The first-order chi connectivity index (χ1) is 16.7. The fourth-order valence-electron chi connectivity index (χ4n) is 3.53. The van der Waals surface area contributed by atoms with Gasteiger partial charge in [0.05, 0.1) is 23.6 Å². The number of carbonyl (C=O) groups is 2. The van der Waals surface area contributed by atoms with Crippen LogP contribution in [0.2, 0.25) is 5.02 Å². The second-order valence-electron chi connectivity index (χ2n) is 7.93. The van der Waals surface area contributed by atoms with Crippen LogP contribution in [0, 0.1) is 17.2 Å². The van der Waals surface area contributed by atoms with E-state index in [1.165, 1.54) is 44.6 Å². The normalized spacial score (nSPS) is 13.5. The van der Waals surface area contributed by atoms with Gasteiger partial charge in [-0.3, -0.25) is 4.79 Å². The number of ether oxygens (including phenoxy) is 1. The fraction of sp³-hybridized carbons (Fsp3) is 0.375. The number of nitrogens with two attached hydrogens (primary N) is 1. The highest BCUT2D eigenvalue weighted by Crippen LogP contribution is 2.23. The topological polar surface area (TPSA) is 151 Å². The summed E-state index contributed by atoms with van der Waals surface area (Å²) in [5.41, 5.74) is 5.95. The third-order valence-electron chi connectivity index (χ3n) is 5.36. The van der Waals surface area contributed by atoms with Crippen molar-refractivity contribution in [1.29, 1.82) is 5.26 Å². The van der Waals surface area contributed by atoms with Crippen LogP contribution in [0.25, 0.3) is 0 Å². The minimum absolute atomic E-state index is 0.0854. The van der Waals surface area contributed by atoms with E-state index < -0.39 is 16.1 Å². The SMILES string of the molecule is COc1ccc(Cl)cc1C(=O)NCCc1ccc(S(=O)(=O)NC(N)=O)cc1.N#CC1CCCCC1. The largest absolute Gasteiger partial charge is 0.496 e. The lowest BCUT2D eigenvalue weighted by molar-refractivity contribution is 0.0951. The molecule has 1 fully saturated rings. The first kappa shape index (κ1) is 28.0. The molecule has 35 heavy (non-hydrogen) atoms. The lowest BCUT2D eigenvalue weighted by atomic mass is 9.91. The number of methoxy groups -OCH3 is 1. The second-order valence-corrected chi connectivity index (χ2v) is 10.0. The highest BCUT2D eigenvalue weighted by molar-refractivity contribution is 7.90. The van der Waals surface area contributed by atoms with Crippen molar-refractivity contribution in [1.82, 2.24) is 10.0 Å². The van der Waals surface area contributed by atoms with Crippen LogP contribution in [0.15, 0.2) is 47.4 Å². The molecule has 11 heteroatoms. The van der Waals surface area contributed by atoms with Crippen molar-refractivity contribution in [2.45, 2.75) is 43.4 Å². The maximum atomic E-state index is 12.3. The first-order valence-corrected chi connectivity index (χ1v) is 12.9. The van der Waals surface area contributed by atoms with E-state index in [0.717, 1.165) is 18.4 Å². The zero-order valence-corrected chi connectivity index (χ0v) is 21.0. The molecule has 1 saturated carbocycles. The maximum Gasteiger partial charge on any atom is 0.326 e. The molecule has 0 unspecified atom stereocenters. The van der Waals surface area contributed by atoms with Crippen LogP contribution >= 0.6 is 11.6 Å². The Morgan fingerprint density at radius 1 is 1.14 bits per heavy atom. The Hall–Kier alpha value is -3.29. The Bertz CT molecular complexity index is 1160. The zero-order valence-electron chi connectivity index (χ0n) is 19.4. The van der Waals surface area contributed by atoms with Crippen LogP contribution in [0.4, 0.5) is 4.79 Å². The number of nitrogens with zero attached hydrogens (tertiary/aromatic N) is 1. The number of hydrogen-bond acceptors (Lipinski definition) is 6. The molecule has 0 aliphatic heterocycles. The van der Waals surface area contributed by atoms with E-state index >= 15 is 0 Å². The van der Waals surface area contributed by atoms with Gasteiger partial charge < -0.3 is 15.8 Å². The summed E-state index contributed by atoms with van der Waals surface area (Å²) >= 11 is 5.91. The van der Waals surface area contributed by atoms with E-state index in [0.29, 0.717) is 35.2 Å². The Balaban J connectivity index is 0.000000456. The van der Waals surface area contributed by atoms with Gasteiger partial charge in [-0.15, -0.1) is 0 Å². The molecule has 3 amide bonds. The first-order valence-electron chi connectivity index (χ1n) is 11.1. The number of sulfonamides is 1. The van der Waals surface area contributed by atoms with Crippen LogP contribution in [0.1, 0.15) is 48.0 Å². The number of nitrogens with one attached hydrogen (secondary N) is 2. The van der Waals surface area contributed by atoms with Gasteiger partial charge in [0.2, 0.25) is 0 Å². The predicted molar refractivity (Wildman–Crippen MR) is 133 cm³/mol. The van der Waals surface area contributed by atoms with Crippen molar-refractivity contribution >= 4 is 33.6 Å². The molecule has 1 aliphatic carbocycles. The van der Waals surface area contributed by atoms with Crippen molar-refractivity contribution in [3.05, 3.63) is 58.6 Å². The number of urea groups is 1. The molecule has 9 nitrogen and oxygen atoms in total. The summed E-state index contributed by atoms with van der Waals surface area (Å²) in [6, 6.07) is 11.8. The van der Waals surface area contributed by atoms with E-state index in [-0.39, 0.29) is 10.8 Å². The monoisotopic (exact) mass is 520 g/mol. The lowest BCUT2D eigenvalue weighted by Crippen LogP contribution is -2.34. The standard InChI is InChI=1S/C17H18ClN3O5S.C7H11N/c1-26-15-7-4-12(18)10-14(15)16(22)20-9-8-11-2-5-13(6-3-11)27(24,25)21-17(19)23;8-6-7-4-2-1-3-5-7/h2-7,10H,8-9H2,1H3,(H,20,22)(H3,19,21,23);7H,1-5H2. The van der Waals surface area contributed by atoms with Gasteiger partial charge in [-0.25, -0.2) is 17.9 Å². The summed E-state index contributed by atoms with van der Waals surface area (Å²) in [5, 5.41) is 11.6. The quantitative estimate of drug-likeness (QED) is 0.505. The van der Waals surface area contributed by atoms with Gasteiger partial charge in [0.1, 0.15) is 5.75 Å². The third-order valence-corrected chi connectivity index (χ3v) is 6.96. The molecule has 188 valence electrons. The molecule has 0 bridgehead atoms. The Morgan fingerprint density at radius 2 is 1.80 bits per heavy atom. The van der Waals surface area contributed by atoms with E-state index in [2.05, 4.69) is 11.4 Å². The number of rotatable bonds is 7. The molecule has 1 aliphatic rings. The zero-order chi connectivity index (χ0) is 25.8. The van der Waals surface area contributed by atoms with Crippen molar-refractivity contribution < 1.29 is 22.7 Å². The predicted octanol–water partition coefficient (Wildman–Crippen LogP) is 3.77.